The van der Waals surface area contributed by atoms with Gasteiger partial charge in [-0.05, 0) is 88.8 Å². The fourth-order valence-electron chi connectivity index (χ4n) is 4.82. The Balaban J connectivity index is 1.63. The van der Waals surface area contributed by atoms with Crippen LogP contribution in [0.25, 0.3) is 10.9 Å². The number of H-pyrrole nitrogens is 1. The molecule has 0 amide bonds. The van der Waals surface area contributed by atoms with E-state index in [0.29, 0.717) is 31.0 Å². The first-order valence-corrected chi connectivity index (χ1v) is 12.8. The first kappa shape index (κ1) is 25.4. The normalized spacial score (nSPS) is 12.2. The van der Waals surface area contributed by atoms with Crippen LogP contribution in [0, 0.1) is 13.8 Å². The summed E-state index contributed by atoms with van der Waals surface area (Å²) in [6, 6.07) is 23.8. The predicted octanol–water partition coefficient (Wildman–Crippen LogP) is 4.80. The van der Waals surface area contributed by atoms with Crippen LogP contribution in [0.4, 0.5) is 0 Å². The van der Waals surface area contributed by atoms with E-state index in [1.165, 1.54) is 5.56 Å². The molecule has 0 unspecified atom stereocenters. The van der Waals surface area contributed by atoms with E-state index in [9.17, 15) is 4.79 Å². The monoisotopic (exact) mass is 508 g/mol. The largest absolute Gasteiger partial charge is 0.497 e. The lowest BCUT2D eigenvalue weighted by Crippen LogP contribution is -2.35. The van der Waals surface area contributed by atoms with Gasteiger partial charge in [0, 0.05) is 17.6 Å². The molecule has 0 saturated heterocycles. The van der Waals surface area contributed by atoms with Crippen molar-refractivity contribution >= 4 is 10.9 Å². The number of nitrogens with one attached hydrogen (secondary N) is 1. The van der Waals surface area contributed by atoms with Crippen LogP contribution in [0.15, 0.2) is 77.6 Å². The minimum Gasteiger partial charge on any atom is -0.497 e. The second-order valence-corrected chi connectivity index (χ2v) is 9.57. The van der Waals surface area contributed by atoms with Gasteiger partial charge in [0.05, 0.1) is 13.7 Å². The number of aryl methyl sites for hydroxylation is 2. The van der Waals surface area contributed by atoms with Crippen molar-refractivity contribution in [2.24, 2.45) is 0 Å². The molecule has 2 aromatic heterocycles. The van der Waals surface area contributed by atoms with Crippen LogP contribution in [0.5, 0.6) is 5.75 Å². The van der Waals surface area contributed by atoms with E-state index in [2.05, 4.69) is 64.4 Å². The molecule has 3 aromatic carbocycles. The van der Waals surface area contributed by atoms with Crippen LogP contribution in [0.1, 0.15) is 46.6 Å². The Morgan fingerprint density at radius 2 is 1.71 bits per heavy atom. The number of pyridine rings is 1. The van der Waals surface area contributed by atoms with Crippen molar-refractivity contribution in [1.29, 1.82) is 0 Å². The Kier molecular flexibility index (Phi) is 7.33. The van der Waals surface area contributed by atoms with E-state index < -0.39 is 6.04 Å². The van der Waals surface area contributed by atoms with Gasteiger partial charge in [-0.25, -0.2) is 4.68 Å². The molecule has 0 radical (unpaired) electrons. The molecule has 0 aliphatic carbocycles. The Morgan fingerprint density at radius 1 is 0.974 bits per heavy atom. The summed E-state index contributed by atoms with van der Waals surface area (Å²) in [6.07, 6.45) is 0. The van der Waals surface area contributed by atoms with E-state index in [1.54, 1.807) is 11.8 Å². The summed E-state index contributed by atoms with van der Waals surface area (Å²) in [5.41, 5.74) is 5.79. The number of nitrogens with zero attached hydrogens (tertiary/aromatic N) is 5. The van der Waals surface area contributed by atoms with Crippen molar-refractivity contribution in [2.45, 2.75) is 39.9 Å². The lowest BCUT2D eigenvalue weighted by Gasteiger charge is -2.30. The number of aromatic nitrogens is 5. The van der Waals surface area contributed by atoms with E-state index in [1.807, 2.05) is 54.6 Å². The lowest BCUT2D eigenvalue weighted by molar-refractivity contribution is 0.214. The van der Waals surface area contributed by atoms with Crippen LogP contribution in [-0.2, 0) is 13.1 Å². The van der Waals surface area contributed by atoms with Gasteiger partial charge in [0.25, 0.3) is 5.56 Å². The average molecular weight is 509 g/mol. The van der Waals surface area contributed by atoms with Gasteiger partial charge in [-0.3, -0.25) is 9.69 Å². The van der Waals surface area contributed by atoms with Gasteiger partial charge >= 0.3 is 0 Å². The highest BCUT2D eigenvalue weighted by atomic mass is 16.5. The third kappa shape index (κ3) is 5.21. The first-order chi connectivity index (χ1) is 18.5. The molecule has 2 heterocycles. The lowest BCUT2D eigenvalue weighted by atomic mass is 10.00. The zero-order valence-corrected chi connectivity index (χ0v) is 22.2. The van der Waals surface area contributed by atoms with Gasteiger partial charge < -0.3 is 9.72 Å². The number of fused-ring (bicyclic) bond motifs is 1. The number of tetrazole rings is 1. The van der Waals surface area contributed by atoms with Crippen LogP contribution in [0.2, 0.25) is 0 Å². The second kappa shape index (κ2) is 11.0. The van der Waals surface area contributed by atoms with Crippen molar-refractivity contribution in [3.63, 3.8) is 0 Å². The fraction of sp³-hybridized carbons (Fsp3) is 0.267. The molecular formula is C30H32N6O2. The first-order valence-electron chi connectivity index (χ1n) is 12.8. The third-order valence-corrected chi connectivity index (χ3v) is 7.08. The standard InChI is InChI=1S/C30H32N6O2/c1-5-35(18-22-9-7-6-8-10-22)28(26-17-24-15-20(2)21(3)16-27(24)31-30(26)37)29-32-33-34-36(29)19-23-11-13-25(38-4)14-12-23/h6-17,28H,5,18-19H2,1-4H3,(H,31,37)/t28-/m1/s1. The molecule has 1 N–H and O–H groups in total. The van der Waals surface area contributed by atoms with Crippen molar-refractivity contribution < 1.29 is 4.74 Å². The second-order valence-electron chi connectivity index (χ2n) is 9.57. The zero-order valence-electron chi connectivity index (χ0n) is 22.2. The van der Waals surface area contributed by atoms with E-state index in [0.717, 1.165) is 33.3 Å². The van der Waals surface area contributed by atoms with Gasteiger partial charge in [0.1, 0.15) is 11.8 Å². The number of rotatable bonds is 9. The number of methoxy groups -OCH3 is 1. The summed E-state index contributed by atoms with van der Waals surface area (Å²) in [5, 5.41) is 13.8. The summed E-state index contributed by atoms with van der Waals surface area (Å²) in [4.78, 5) is 19.0. The summed E-state index contributed by atoms with van der Waals surface area (Å²) in [5.74, 6) is 1.41. The molecule has 8 nitrogen and oxygen atoms in total. The average Bonchev–Trinajstić information content (AvgIpc) is 3.38. The smallest absolute Gasteiger partial charge is 0.253 e. The molecule has 1 atom stereocenters. The fourth-order valence-corrected chi connectivity index (χ4v) is 4.82. The summed E-state index contributed by atoms with van der Waals surface area (Å²) in [7, 11) is 1.65. The van der Waals surface area contributed by atoms with Crippen LogP contribution in [-0.4, -0.2) is 43.7 Å². The van der Waals surface area contributed by atoms with Gasteiger partial charge in [-0.1, -0.05) is 49.4 Å². The molecule has 0 fully saturated rings. The summed E-state index contributed by atoms with van der Waals surface area (Å²) < 4.78 is 7.08. The molecule has 0 saturated carbocycles. The van der Waals surface area contributed by atoms with Gasteiger partial charge in [0.2, 0.25) is 0 Å². The Hall–Kier alpha value is -4.30. The Bertz CT molecular complexity index is 1590. The van der Waals surface area contributed by atoms with Crippen molar-refractivity contribution in [3.05, 3.63) is 117 Å². The molecule has 0 spiro atoms. The maximum absolute atomic E-state index is 13.6. The summed E-state index contributed by atoms with van der Waals surface area (Å²) in [6.45, 7) is 8.03. The van der Waals surface area contributed by atoms with Crippen LogP contribution >= 0.6 is 0 Å². The zero-order chi connectivity index (χ0) is 26.6. The van der Waals surface area contributed by atoms with Crippen molar-refractivity contribution in [3.8, 4) is 5.75 Å². The number of benzene rings is 3. The van der Waals surface area contributed by atoms with E-state index in [4.69, 9.17) is 4.74 Å². The molecule has 0 bridgehead atoms. The number of hydrogen-bond acceptors (Lipinski definition) is 6. The minimum absolute atomic E-state index is 0.142. The number of hydrogen-bond donors (Lipinski definition) is 1. The van der Waals surface area contributed by atoms with E-state index >= 15 is 0 Å². The maximum atomic E-state index is 13.6. The SMILES string of the molecule is CCN(Cc1ccccc1)[C@H](c1cc2cc(C)c(C)cc2[nH]c1=O)c1nnnn1Cc1ccc(OC)cc1. The van der Waals surface area contributed by atoms with Crippen molar-refractivity contribution in [2.75, 3.05) is 13.7 Å². The topological polar surface area (TPSA) is 88.9 Å². The Labute approximate surface area is 221 Å². The molecule has 194 valence electrons. The van der Waals surface area contributed by atoms with E-state index in [-0.39, 0.29) is 5.56 Å². The predicted molar refractivity (Wildman–Crippen MR) is 148 cm³/mol. The Morgan fingerprint density at radius 3 is 2.42 bits per heavy atom. The molecule has 0 aliphatic heterocycles. The number of ether oxygens (including phenoxy) is 1. The van der Waals surface area contributed by atoms with Gasteiger partial charge in [0.15, 0.2) is 5.82 Å². The maximum Gasteiger partial charge on any atom is 0.253 e. The highest BCUT2D eigenvalue weighted by Gasteiger charge is 2.30. The van der Waals surface area contributed by atoms with Gasteiger partial charge in [-0.15, -0.1) is 5.10 Å². The number of aromatic amines is 1. The quantitative estimate of drug-likeness (QED) is 0.308. The van der Waals surface area contributed by atoms with Crippen molar-refractivity contribution in [1.82, 2.24) is 30.1 Å². The van der Waals surface area contributed by atoms with Crippen LogP contribution < -0.4 is 10.3 Å². The highest BCUT2D eigenvalue weighted by Crippen LogP contribution is 2.29. The molecule has 38 heavy (non-hydrogen) atoms. The minimum atomic E-state index is -0.455. The highest BCUT2D eigenvalue weighted by molar-refractivity contribution is 5.81. The molecular weight excluding hydrogens is 476 g/mol. The molecule has 5 rings (SSSR count). The molecule has 0 aliphatic rings. The third-order valence-electron chi connectivity index (χ3n) is 7.08. The molecule has 5 aromatic rings. The summed E-state index contributed by atoms with van der Waals surface area (Å²) >= 11 is 0. The van der Waals surface area contributed by atoms with Gasteiger partial charge in [-0.2, -0.15) is 0 Å². The van der Waals surface area contributed by atoms with Crippen LogP contribution in [0.3, 0.4) is 0 Å². The molecule has 8 heteroatoms.